The van der Waals surface area contributed by atoms with Crippen molar-refractivity contribution >= 4 is 0 Å². The number of hydrogen-bond acceptors (Lipinski definition) is 2. The maximum absolute atomic E-state index is 8.59. The Hall–Kier alpha value is -0.810. The summed E-state index contributed by atoms with van der Waals surface area (Å²) >= 11 is 0. The van der Waals surface area contributed by atoms with E-state index >= 15 is 0 Å². The minimum atomic E-state index is 0.390. The predicted molar refractivity (Wildman–Crippen MR) is 54.2 cm³/mol. The van der Waals surface area contributed by atoms with E-state index in [9.17, 15) is 0 Å². The third kappa shape index (κ3) is 3.61. The van der Waals surface area contributed by atoms with Gasteiger partial charge in [0.05, 0.1) is 12.5 Å². The van der Waals surface area contributed by atoms with Crippen LogP contribution in [0.3, 0.4) is 0 Å². The van der Waals surface area contributed by atoms with Crippen molar-refractivity contribution in [3.8, 4) is 6.07 Å². The first-order valence-electron chi connectivity index (χ1n) is 5.14. The van der Waals surface area contributed by atoms with Gasteiger partial charge in [-0.25, -0.2) is 0 Å². The first-order valence-corrected chi connectivity index (χ1v) is 5.14. The average Bonchev–Trinajstić information content (AvgIpc) is 2.19. The third-order valence-corrected chi connectivity index (χ3v) is 2.57. The van der Waals surface area contributed by atoms with Crippen molar-refractivity contribution in [3.63, 3.8) is 0 Å². The molecule has 2 nitrogen and oxygen atoms in total. The van der Waals surface area contributed by atoms with Crippen LogP contribution < -0.4 is 5.32 Å². The van der Waals surface area contributed by atoms with Crippen LogP contribution >= 0.6 is 0 Å². The van der Waals surface area contributed by atoms with E-state index in [-0.39, 0.29) is 0 Å². The van der Waals surface area contributed by atoms with Gasteiger partial charge in [0.1, 0.15) is 0 Å². The molecule has 13 heavy (non-hydrogen) atoms. The summed E-state index contributed by atoms with van der Waals surface area (Å²) < 4.78 is 0. The van der Waals surface area contributed by atoms with Gasteiger partial charge in [0.2, 0.25) is 0 Å². The maximum atomic E-state index is 8.59. The molecule has 0 spiro atoms. The number of nitrogens with one attached hydrogen (secondary N) is 1. The molecule has 2 unspecified atom stereocenters. The highest BCUT2D eigenvalue weighted by molar-refractivity contribution is 4.94. The molecule has 1 N–H and O–H groups in total. The summed E-state index contributed by atoms with van der Waals surface area (Å²) in [5.41, 5.74) is 0. The first kappa shape index (κ1) is 10.3. The number of rotatable bonds is 4. The van der Waals surface area contributed by atoms with Crippen LogP contribution in [0.15, 0.2) is 12.2 Å². The van der Waals surface area contributed by atoms with Crippen LogP contribution in [0.25, 0.3) is 0 Å². The van der Waals surface area contributed by atoms with Gasteiger partial charge in [-0.2, -0.15) is 5.26 Å². The Balaban J connectivity index is 2.28. The molecule has 1 aliphatic carbocycles. The van der Waals surface area contributed by atoms with Gasteiger partial charge in [-0.05, 0) is 25.7 Å². The average molecular weight is 178 g/mol. The standard InChI is InChI=1S/C11H18N2/c1-2-10(8-9-12)13-11-6-4-3-5-7-11/h3-4,10-11,13H,2,5-8H2,1H3. The highest BCUT2D eigenvalue weighted by Crippen LogP contribution is 2.12. The Morgan fingerprint density at radius 3 is 3.00 bits per heavy atom. The van der Waals surface area contributed by atoms with Crippen molar-refractivity contribution in [1.29, 1.82) is 5.26 Å². The summed E-state index contributed by atoms with van der Waals surface area (Å²) in [6, 6.07) is 3.22. The largest absolute Gasteiger partial charge is 0.310 e. The number of nitriles is 1. The van der Waals surface area contributed by atoms with Crippen LogP contribution in [0.1, 0.15) is 39.0 Å². The number of hydrogen-bond donors (Lipinski definition) is 1. The molecule has 0 bridgehead atoms. The predicted octanol–water partition coefficient (Wildman–Crippen LogP) is 2.38. The summed E-state index contributed by atoms with van der Waals surface area (Å²) in [6.45, 7) is 2.13. The third-order valence-electron chi connectivity index (χ3n) is 2.57. The van der Waals surface area contributed by atoms with Gasteiger partial charge in [0, 0.05) is 12.1 Å². The summed E-state index contributed by atoms with van der Waals surface area (Å²) in [5, 5.41) is 12.1. The van der Waals surface area contributed by atoms with Gasteiger partial charge in [0.25, 0.3) is 0 Å². The van der Waals surface area contributed by atoms with E-state index in [2.05, 4.69) is 30.5 Å². The Kier molecular flexibility index (Phi) is 4.56. The highest BCUT2D eigenvalue weighted by atomic mass is 14.9. The van der Waals surface area contributed by atoms with Crippen LogP contribution in [0.2, 0.25) is 0 Å². The summed E-state index contributed by atoms with van der Waals surface area (Å²) in [6.07, 6.45) is 9.69. The molecule has 0 aromatic carbocycles. The molecule has 2 atom stereocenters. The Morgan fingerprint density at radius 2 is 2.46 bits per heavy atom. The minimum absolute atomic E-state index is 0.390. The zero-order valence-corrected chi connectivity index (χ0v) is 8.29. The van der Waals surface area contributed by atoms with E-state index in [1.54, 1.807) is 0 Å². The molecule has 0 aliphatic heterocycles. The lowest BCUT2D eigenvalue weighted by molar-refractivity contribution is 0.397. The molecule has 2 heteroatoms. The van der Waals surface area contributed by atoms with Gasteiger partial charge in [0.15, 0.2) is 0 Å². The second-order valence-electron chi connectivity index (χ2n) is 3.62. The van der Waals surface area contributed by atoms with Crippen molar-refractivity contribution in [3.05, 3.63) is 12.2 Å². The van der Waals surface area contributed by atoms with Crippen LogP contribution in [-0.4, -0.2) is 12.1 Å². The van der Waals surface area contributed by atoms with E-state index in [1.807, 2.05) is 0 Å². The Labute approximate surface area is 80.6 Å². The molecule has 0 aromatic heterocycles. The molecule has 72 valence electrons. The van der Waals surface area contributed by atoms with Crippen LogP contribution in [0.5, 0.6) is 0 Å². The molecule has 0 aromatic rings. The van der Waals surface area contributed by atoms with Gasteiger partial charge in [-0.1, -0.05) is 19.1 Å². The number of allylic oxidation sites excluding steroid dienone is 1. The van der Waals surface area contributed by atoms with Crippen LogP contribution in [0.4, 0.5) is 0 Å². The Morgan fingerprint density at radius 1 is 1.62 bits per heavy atom. The quantitative estimate of drug-likeness (QED) is 0.671. The van der Waals surface area contributed by atoms with Crippen molar-refractivity contribution in [2.75, 3.05) is 0 Å². The Bertz CT molecular complexity index is 203. The topological polar surface area (TPSA) is 35.8 Å². The van der Waals surface area contributed by atoms with Crippen LogP contribution in [0, 0.1) is 11.3 Å². The second kappa shape index (κ2) is 5.77. The van der Waals surface area contributed by atoms with Crippen molar-refractivity contribution < 1.29 is 0 Å². The smallest absolute Gasteiger partial charge is 0.0638 e. The van der Waals surface area contributed by atoms with E-state index in [0.717, 1.165) is 12.8 Å². The zero-order valence-electron chi connectivity index (χ0n) is 8.29. The van der Waals surface area contributed by atoms with E-state index in [4.69, 9.17) is 5.26 Å². The summed E-state index contributed by atoms with van der Waals surface area (Å²) in [7, 11) is 0. The fraction of sp³-hybridized carbons (Fsp3) is 0.727. The molecular weight excluding hydrogens is 160 g/mol. The maximum Gasteiger partial charge on any atom is 0.0638 e. The van der Waals surface area contributed by atoms with E-state index in [1.165, 1.54) is 12.8 Å². The molecule has 0 heterocycles. The lowest BCUT2D eigenvalue weighted by Crippen LogP contribution is -2.38. The van der Waals surface area contributed by atoms with E-state index in [0.29, 0.717) is 18.5 Å². The SMILES string of the molecule is CCC(CC#N)NC1CC=CCC1. The normalized spacial score (nSPS) is 23.8. The van der Waals surface area contributed by atoms with Gasteiger partial charge in [-0.15, -0.1) is 0 Å². The molecule has 1 aliphatic rings. The first-order chi connectivity index (χ1) is 6.36. The summed E-state index contributed by atoms with van der Waals surface area (Å²) in [4.78, 5) is 0. The summed E-state index contributed by atoms with van der Waals surface area (Å²) in [5.74, 6) is 0. The fourth-order valence-corrected chi connectivity index (χ4v) is 1.71. The molecule has 0 fully saturated rings. The van der Waals surface area contributed by atoms with Gasteiger partial charge >= 0.3 is 0 Å². The lowest BCUT2D eigenvalue weighted by Gasteiger charge is -2.24. The van der Waals surface area contributed by atoms with Crippen molar-refractivity contribution in [2.24, 2.45) is 0 Å². The van der Waals surface area contributed by atoms with Crippen LogP contribution in [-0.2, 0) is 0 Å². The minimum Gasteiger partial charge on any atom is -0.310 e. The number of nitrogens with zero attached hydrogens (tertiary/aromatic N) is 1. The molecule has 0 saturated carbocycles. The molecule has 0 saturated heterocycles. The second-order valence-corrected chi connectivity index (χ2v) is 3.62. The van der Waals surface area contributed by atoms with Crippen molar-refractivity contribution in [2.45, 2.75) is 51.1 Å². The monoisotopic (exact) mass is 178 g/mol. The van der Waals surface area contributed by atoms with Gasteiger partial charge < -0.3 is 5.32 Å². The molecule has 0 amide bonds. The van der Waals surface area contributed by atoms with E-state index < -0.39 is 0 Å². The zero-order chi connectivity index (χ0) is 9.52. The molecule has 0 radical (unpaired) electrons. The molecular formula is C11H18N2. The lowest BCUT2D eigenvalue weighted by atomic mass is 10.00. The fourth-order valence-electron chi connectivity index (χ4n) is 1.71. The van der Waals surface area contributed by atoms with Gasteiger partial charge in [-0.3, -0.25) is 0 Å². The highest BCUT2D eigenvalue weighted by Gasteiger charge is 2.13. The molecule has 1 rings (SSSR count). The van der Waals surface area contributed by atoms with Crippen molar-refractivity contribution in [1.82, 2.24) is 5.32 Å².